The number of benzene rings is 3. The zero-order valence-electron chi connectivity index (χ0n) is 26.9. The Morgan fingerprint density at radius 3 is 2.54 bits per heavy atom. The van der Waals surface area contributed by atoms with E-state index in [9.17, 15) is 28.0 Å². The lowest BCUT2D eigenvalue weighted by Gasteiger charge is -2.27. The highest BCUT2D eigenvalue weighted by Crippen LogP contribution is 2.40. The first kappa shape index (κ1) is 34.3. The number of ether oxygens (including phenoxy) is 1. The number of nitriles is 1. The van der Waals surface area contributed by atoms with Crippen molar-refractivity contribution in [3.8, 4) is 17.2 Å². The number of fused-ring (bicyclic) bond motifs is 1. The Morgan fingerprint density at radius 1 is 1.08 bits per heavy atom. The number of methoxy groups -OCH3 is 1. The summed E-state index contributed by atoms with van der Waals surface area (Å²) in [5.74, 6) is -0.326. The highest BCUT2D eigenvalue weighted by molar-refractivity contribution is 6.06. The highest BCUT2D eigenvalue weighted by Gasteiger charge is 2.35. The molecule has 1 fully saturated rings. The van der Waals surface area contributed by atoms with E-state index >= 15 is 0 Å². The standard InChI is InChI=1S/C36H37F3N6O3/c1-4-33-43-31-19-28(29(36(37,38)39)20-32(31)45(33)2)22-7-5-8-26(18-22)42-35(47)23-10-15-30(24(17-23)21-40)44-34(46)9-6-16-41-25-11-13-27(48-3)14-12-25/h5-10,15,17-20,25,27,41H,4,11-14,16H2,1-3H3,(H,42,47)(H,44,46)/b9-6+. The SMILES string of the molecule is CCc1nc2cc(-c3cccc(NC(=O)c4ccc(NC(=O)/C=C/CNC5CCC(OC)CC5)c(C#N)c4)c3)c(C(F)(F)F)cc2n1C. The minimum Gasteiger partial charge on any atom is -0.381 e. The Balaban J connectivity index is 1.26. The van der Waals surface area contributed by atoms with E-state index < -0.39 is 23.6 Å². The number of anilines is 2. The maximum Gasteiger partial charge on any atom is 0.417 e. The molecule has 1 aliphatic carbocycles. The lowest BCUT2D eigenvalue weighted by atomic mass is 9.93. The Bertz CT molecular complexity index is 1880. The molecule has 9 nitrogen and oxygen atoms in total. The Labute approximate surface area is 276 Å². The first-order valence-electron chi connectivity index (χ1n) is 15.8. The molecule has 12 heteroatoms. The number of nitrogens with one attached hydrogen (secondary N) is 3. The number of hydrogen-bond acceptors (Lipinski definition) is 6. The molecule has 48 heavy (non-hydrogen) atoms. The highest BCUT2D eigenvalue weighted by atomic mass is 19.4. The Kier molecular flexibility index (Phi) is 10.6. The van der Waals surface area contributed by atoms with Crippen molar-refractivity contribution >= 4 is 34.2 Å². The van der Waals surface area contributed by atoms with Crippen LogP contribution in [0.3, 0.4) is 0 Å². The third-order valence-electron chi connectivity index (χ3n) is 8.63. The van der Waals surface area contributed by atoms with Crippen LogP contribution >= 0.6 is 0 Å². The first-order valence-corrected chi connectivity index (χ1v) is 15.8. The van der Waals surface area contributed by atoms with E-state index in [2.05, 4.69) is 20.9 Å². The van der Waals surface area contributed by atoms with E-state index in [-0.39, 0.29) is 33.6 Å². The molecule has 1 heterocycles. The third-order valence-corrected chi connectivity index (χ3v) is 8.63. The van der Waals surface area contributed by atoms with E-state index in [0.29, 0.717) is 42.0 Å². The average Bonchev–Trinajstić information content (AvgIpc) is 3.40. The predicted octanol–water partition coefficient (Wildman–Crippen LogP) is 6.99. The molecule has 0 unspecified atom stereocenters. The normalized spacial score (nSPS) is 16.6. The van der Waals surface area contributed by atoms with Gasteiger partial charge in [0, 0.05) is 50.5 Å². The summed E-state index contributed by atoms with van der Waals surface area (Å²) in [5.41, 5.74) is 0.930. The number of aromatic nitrogens is 2. The van der Waals surface area contributed by atoms with Crippen molar-refractivity contribution in [3.63, 3.8) is 0 Å². The van der Waals surface area contributed by atoms with Gasteiger partial charge in [-0.3, -0.25) is 9.59 Å². The van der Waals surface area contributed by atoms with Crippen molar-refractivity contribution in [1.82, 2.24) is 14.9 Å². The molecule has 0 saturated heterocycles. The summed E-state index contributed by atoms with van der Waals surface area (Å²) < 4.78 is 49.7. The molecule has 250 valence electrons. The summed E-state index contributed by atoms with van der Waals surface area (Å²) in [7, 11) is 3.42. The summed E-state index contributed by atoms with van der Waals surface area (Å²) in [4.78, 5) is 30.2. The molecule has 1 aliphatic rings. The van der Waals surface area contributed by atoms with Gasteiger partial charge >= 0.3 is 6.18 Å². The van der Waals surface area contributed by atoms with Crippen molar-refractivity contribution in [1.29, 1.82) is 5.26 Å². The minimum atomic E-state index is -4.62. The topological polar surface area (TPSA) is 121 Å². The maximum absolute atomic E-state index is 14.2. The van der Waals surface area contributed by atoms with Crippen LogP contribution in [0.25, 0.3) is 22.2 Å². The smallest absolute Gasteiger partial charge is 0.381 e. The van der Waals surface area contributed by atoms with Gasteiger partial charge < -0.3 is 25.3 Å². The Hall–Kier alpha value is -4.99. The largest absolute Gasteiger partial charge is 0.417 e. The monoisotopic (exact) mass is 658 g/mol. The van der Waals surface area contributed by atoms with Crippen molar-refractivity contribution < 1.29 is 27.5 Å². The number of amides is 2. The maximum atomic E-state index is 14.2. The van der Waals surface area contributed by atoms with Crippen LogP contribution in [0.1, 0.15) is 59.9 Å². The molecule has 0 radical (unpaired) electrons. The van der Waals surface area contributed by atoms with Crippen molar-refractivity contribution in [3.05, 3.63) is 89.3 Å². The number of alkyl halides is 3. The molecule has 3 aromatic carbocycles. The van der Waals surface area contributed by atoms with E-state index in [0.717, 1.165) is 31.7 Å². The minimum absolute atomic E-state index is 0.0576. The van der Waals surface area contributed by atoms with Crippen LogP contribution in [0, 0.1) is 11.3 Å². The van der Waals surface area contributed by atoms with Crippen LogP contribution in [-0.4, -0.2) is 47.2 Å². The lowest BCUT2D eigenvalue weighted by Crippen LogP contribution is -2.35. The van der Waals surface area contributed by atoms with Gasteiger partial charge in [0.2, 0.25) is 5.91 Å². The van der Waals surface area contributed by atoms with Crippen LogP contribution < -0.4 is 16.0 Å². The summed E-state index contributed by atoms with van der Waals surface area (Å²) in [6.45, 7) is 2.41. The molecule has 1 aromatic heterocycles. The number of halogens is 3. The summed E-state index contributed by atoms with van der Waals surface area (Å²) in [6, 6.07) is 15.3. The van der Waals surface area contributed by atoms with Crippen molar-refractivity contribution in [2.45, 2.75) is 57.3 Å². The van der Waals surface area contributed by atoms with Gasteiger partial charge in [-0.15, -0.1) is 0 Å². The van der Waals surface area contributed by atoms with Gasteiger partial charge in [0.05, 0.1) is 34.0 Å². The van der Waals surface area contributed by atoms with E-state index in [1.807, 2.05) is 13.0 Å². The summed E-state index contributed by atoms with van der Waals surface area (Å²) in [5, 5.41) is 18.5. The third kappa shape index (κ3) is 7.93. The van der Waals surface area contributed by atoms with Crippen LogP contribution in [0.2, 0.25) is 0 Å². The molecule has 1 saturated carbocycles. The zero-order valence-corrected chi connectivity index (χ0v) is 26.9. The molecule has 0 atom stereocenters. The molecule has 4 aromatic rings. The number of carbonyl (C=O) groups is 2. The number of imidazole rings is 1. The lowest BCUT2D eigenvalue weighted by molar-refractivity contribution is -0.137. The van der Waals surface area contributed by atoms with Crippen LogP contribution in [-0.2, 0) is 29.2 Å². The molecule has 5 rings (SSSR count). The number of nitrogens with zero attached hydrogens (tertiary/aromatic N) is 3. The van der Waals surface area contributed by atoms with Crippen molar-refractivity contribution in [2.75, 3.05) is 24.3 Å². The number of rotatable bonds is 10. The molecule has 0 aliphatic heterocycles. The van der Waals surface area contributed by atoms with Crippen molar-refractivity contribution in [2.24, 2.45) is 7.05 Å². The van der Waals surface area contributed by atoms with Gasteiger partial charge in [-0.05, 0) is 79.3 Å². The quantitative estimate of drug-likeness (QED) is 0.158. The Morgan fingerprint density at radius 2 is 1.85 bits per heavy atom. The van der Waals surface area contributed by atoms with Gasteiger partial charge in [0.1, 0.15) is 11.9 Å². The molecular weight excluding hydrogens is 621 g/mol. The average molecular weight is 659 g/mol. The molecule has 0 bridgehead atoms. The fourth-order valence-corrected chi connectivity index (χ4v) is 6.01. The van der Waals surface area contributed by atoms with Crippen LogP contribution in [0.4, 0.5) is 24.5 Å². The zero-order chi connectivity index (χ0) is 34.4. The van der Waals surface area contributed by atoms with E-state index in [1.54, 1.807) is 43.0 Å². The van der Waals surface area contributed by atoms with E-state index in [4.69, 9.17) is 4.74 Å². The summed E-state index contributed by atoms with van der Waals surface area (Å²) in [6.07, 6.45) is 3.38. The fourth-order valence-electron chi connectivity index (χ4n) is 6.01. The molecule has 2 amide bonds. The van der Waals surface area contributed by atoms with Crippen LogP contribution in [0.15, 0.2) is 66.7 Å². The van der Waals surface area contributed by atoms with Gasteiger partial charge in [-0.1, -0.05) is 25.1 Å². The van der Waals surface area contributed by atoms with Gasteiger partial charge in [0.15, 0.2) is 0 Å². The number of carbonyl (C=O) groups excluding carboxylic acids is 2. The second kappa shape index (κ2) is 14.8. The van der Waals surface area contributed by atoms with Crippen LogP contribution in [0.5, 0.6) is 0 Å². The van der Waals surface area contributed by atoms with Gasteiger partial charge in [-0.25, -0.2) is 4.98 Å². The molecular formula is C36H37F3N6O3. The molecule has 0 spiro atoms. The fraction of sp³-hybridized carbons (Fsp3) is 0.333. The second-order valence-electron chi connectivity index (χ2n) is 11.7. The number of aryl methyl sites for hydroxylation is 2. The van der Waals surface area contributed by atoms with E-state index in [1.165, 1.54) is 36.4 Å². The summed E-state index contributed by atoms with van der Waals surface area (Å²) >= 11 is 0. The van der Waals surface area contributed by atoms with Gasteiger partial charge in [-0.2, -0.15) is 18.4 Å². The van der Waals surface area contributed by atoms with Gasteiger partial charge in [0.25, 0.3) is 5.91 Å². The molecule has 3 N–H and O–H groups in total. The number of hydrogen-bond donors (Lipinski definition) is 3. The first-order chi connectivity index (χ1) is 23.0. The second-order valence-corrected chi connectivity index (χ2v) is 11.7. The predicted molar refractivity (Wildman–Crippen MR) is 178 cm³/mol.